The average molecular weight is 326 g/mol. The van der Waals surface area contributed by atoms with Crippen molar-refractivity contribution in [2.75, 3.05) is 19.6 Å². The first-order valence-electron chi connectivity index (χ1n) is 8.31. The lowest BCUT2D eigenvalue weighted by molar-refractivity contribution is -0.131. The smallest absolute Gasteiger partial charge is 0.251 e. The van der Waals surface area contributed by atoms with Gasteiger partial charge in [0.15, 0.2) is 0 Å². The van der Waals surface area contributed by atoms with Crippen molar-refractivity contribution in [1.29, 1.82) is 0 Å². The monoisotopic (exact) mass is 326 g/mol. The standard InChI is InChI=1S/C18H22N4O2/c23-17(13-19-18(24)16-5-2-1-3-6-16)21-11-7-15(8-12-21)14-22-10-4-9-20-22/h1-6,9-10,15H,7-8,11-14H2,(H,19,24). The maximum Gasteiger partial charge on any atom is 0.251 e. The normalized spacial score (nSPS) is 15.2. The zero-order valence-corrected chi connectivity index (χ0v) is 13.6. The molecular formula is C18H22N4O2. The summed E-state index contributed by atoms with van der Waals surface area (Å²) in [5.74, 6) is 0.321. The van der Waals surface area contributed by atoms with Crippen LogP contribution in [0.4, 0.5) is 0 Å². The molecule has 2 amide bonds. The van der Waals surface area contributed by atoms with Crippen LogP contribution < -0.4 is 5.32 Å². The van der Waals surface area contributed by atoms with Crippen molar-refractivity contribution in [1.82, 2.24) is 20.0 Å². The Kier molecular flexibility index (Phi) is 5.25. The Morgan fingerprint density at radius 2 is 1.88 bits per heavy atom. The fraction of sp³-hybridized carbons (Fsp3) is 0.389. The SMILES string of the molecule is O=C(NCC(=O)N1CCC(Cn2cccn2)CC1)c1ccccc1. The van der Waals surface area contributed by atoms with E-state index in [4.69, 9.17) is 0 Å². The summed E-state index contributed by atoms with van der Waals surface area (Å²) in [6.45, 7) is 2.44. The van der Waals surface area contributed by atoms with Gasteiger partial charge in [-0.25, -0.2) is 0 Å². The number of carbonyl (C=O) groups is 2. The molecular weight excluding hydrogens is 304 g/mol. The van der Waals surface area contributed by atoms with Crippen molar-refractivity contribution in [2.24, 2.45) is 5.92 Å². The molecule has 0 spiro atoms. The molecule has 1 aliphatic heterocycles. The molecule has 1 fully saturated rings. The number of nitrogens with one attached hydrogen (secondary N) is 1. The van der Waals surface area contributed by atoms with E-state index in [1.807, 2.05) is 27.9 Å². The van der Waals surface area contributed by atoms with Crippen LogP contribution in [0.25, 0.3) is 0 Å². The first kappa shape index (κ1) is 16.2. The van der Waals surface area contributed by atoms with E-state index >= 15 is 0 Å². The summed E-state index contributed by atoms with van der Waals surface area (Å²) in [7, 11) is 0. The molecule has 1 aromatic carbocycles. The van der Waals surface area contributed by atoms with Gasteiger partial charge in [-0.05, 0) is 37.0 Å². The molecule has 0 unspecified atom stereocenters. The van der Waals surface area contributed by atoms with Crippen LogP contribution >= 0.6 is 0 Å². The Bertz CT molecular complexity index is 662. The highest BCUT2D eigenvalue weighted by Crippen LogP contribution is 2.18. The Hall–Kier alpha value is -2.63. The Balaban J connectivity index is 1.41. The van der Waals surface area contributed by atoms with Gasteiger partial charge >= 0.3 is 0 Å². The fourth-order valence-corrected chi connectivity index (χ4v) is 3.00. The zero-order chi connectivity index (χ0) is 16.8. The number of hydrogen-bond acceptors (Lipinski definition) is 3. The van der Waals surface area contributed by atoms with Gasteiger partial charge in [-0.2, -0.15) is 5.10 Å². The van der Waals surface area contributed by atoms with Crippen LogP contribution in [-0.2, 0) is 11.3 Å². The molecule has 1 aliphatic rings. The maximum atomic E-state index is 12.3. The van der Waals surface area contributed by atoms with Crippen LogP contribution in [-0.4, -0.2) is 46.1 Å². The first-order chi connectivity index (χ1) is 11.7. The molecule has 0 atom stereocenters. The first-order valence-corrected chi connectivity index (χ1v) is 8.31. The van der Waals surface area contributed by atoms with Gasteiger partial charge in [-0.1, -0.05) is 18.2 Å². The van der Waals surface area contributed by atoms with Crippen LogP contribution in [0.5, 0.6) is 0 Å². The van der Waals surface area contributed by atoms with E-state index < -0.39 is 0 Å². The number of aromatic nitrogens is 2. The summed E-state index contributed by atoms with van der Waals surface area (Å²) in [5.41, 5.74) is 0.572. The second kappa shape index (κ2) is 7.77. The minimum absolute atomic E-state index is 0.0168. The number of amides is 2. The third kappa shape index (κ3) is 4.22. The molecule has 6 heteroatoms. The summed E-state index contributed by atoms with van der Waals surface area (Å²) in [6.07, 6.45) is 5.70. The van der Waals surface area contributed by atoms with Gasteiger partial charge in [0.05, 0.1) is 6.54 Å². The van der Waals surface area contributed by atoms with Crippen molar-refractivity contribution in [3.8, 4) is 0 Å². The van der Waals surface area contributed by atoms with Gasteiger partial charge in [0, 0.05) is 37.6 Å². The second-order valence-electron chi connectivity index (χ2n) is 6.10. The molecule has 1 saturated heterocycles. The summed E-state index contributed by atoms with van der Waals surface area (Å²) >= 11 is 0. The predicted octanol–water partition coefficient (Wildman–Crippen LogP) is 1.55. The molecule has 6 nitrogen and oxygen atoms in total. The van der Waals surface area contributed by atoms with Crippen LogP contribution in [0.1, 0.15) is 23.2 Å². The third-order valence-corrected chi connectivity index (χ3v) is 4.41. The quantitative estimate of drug-likeness (QED) is 0.906. The minimum atomic E-state index is -0.211. The van der Waals surface area contributed by atoms with E-state index in [2.05, 4.69) is 10.4 Å². The third-order valence-electron chi connectivity index (χ3n) is 4.41. The Morgan fingerprint density at radius 1 is 1.12 bits per heavy atom. The number of benzene rings is 1. The largest absolute Gasteiger partial charge is 0.343 e. The Morgan fingerprint density at radius 3 is 2.54 bits per heavy atom. The predicted molar refractivity (Wildman–Crippen MR) is 90.3 cm³/mol. The topological polar surface area (TPSA) is 67.2 Å². The molecule has 3 rings (SSSR count). The molecule has 2 aromatic rings. The molecule has 0 aliphatic carbocycles. The fourth-order valence-electron chi connectivity index (χ4n) is 3.00. The average Bonchev–Trinajstić information content (AvgIpc) is 3.14. The van der Waals surface area contributed by atoms with Gasteiger partial charge in [0.25, 0.3) is 5.91 Å². The van der Waals surface area contributed by atoms with Gasteiger partial charge in [0.1, 0.15) is 0 Å². The number of hydrogen-bond donors (Lipinski definition) is 1. The van der Waals surface area contributed by atoms with E-state index in [1.165, 1.54) is 0 Å². The van der Waals surface area contributed by atoms with Crippen LogP contribution in [0.3, 0.4) is 0 Å². The minimum Gasteiger partial charge on any atom is -0.343 e. The lowest BCUT2D eigenvalue weighted by Crippen LogP contribution is -2.44. The molecule has 2 heterocycles. The van der Waals surface area contributed by atoms with Crippen LogP contribution in [0.15, 0.2) is 48.8 Å². The molecule has 0 radical (unpaired) electrons. The van der Waals surface area contributed by atoms with Gasteiger partial charge in [-0.15, -0.1) is 0 Å². The van der Waals surface area contributed by atoms with E-state index in [1.54, 1.807) is 30.5 Å². The lowest BCUT2D eigenvalue weighted by atomic mass is 9.97. The summed E-state index contributed by atoms with van der Waals surface area (Å²) in [5, 5.41) is 6.93. The van der Waals surface area contributed by atoms with Crippen molar-refractivity contribution in [2.45, 2.75) is 19.4 Å². The van der Waals surface area contributed by atoms with E-state index in [0.717, 1.165) is 32.5 Å². The van der Waals surface area contributed by atoms with Gasteiger partial charge < -0.3 is 10.2 Å². The van der Waals surface area contributed by atoms with Gasteiger partial charge in [-0.3, -0.25) is 14.3 Å². The number of piperidine rings is 1. The van der Waals surface area contributed by atoms with Gasteiger partial charge in [0.2, 0.25) is 5.91 Å². The zero-order valence-electron chi connectivity index (χ0n) is 13.6. The summed E-state index contributed by atoms with van der Waals surface area (Å²) in [4.78, 5) is 26.1. The number of carbonyl (C=O) groups excluding carboxylic acids is 2. The van der Waals surface area contributed by atoms with Crippen molar-refractivity contribution >= 4 is 11.8 Å². The van der Waals surface area contributed by atoms with E-state index in [9.17, 15) is 9.59 Å². The number of likely N-dealkylation sites (tertiary alicyclic amines) is 1. The van der Waals surface area contributed by atoms with Crippen molar-refractivity contribution in [3.05, 3.63) is 54.4 Å². The Labute approximate surface area is 141 Å². The molecule has 0 saturated carbocycles. The molecule has 24 heavy (non-hydrogen) atoms. The second-order valence-corrected chi connectivity index (χ2v) is 6.10. The number of nitrogens with zero attached hydrogens (tertiary/aromatic N) is 3. The van der Waals surface area contributed by atoms with Crippen LogP contribution in [0, 0.1) is 5.92 Å². The highest BCUT2D eigenvalue weighted by molar-refractivity contribution is 5.96. The molecule has 126 valence electrons. The highest BCUT2D eigenvalue weighted by Gasteiger charge is 2.23. The molecule has 1 aromatic heterocycles. The number of rotatable bonds is 5. The summed E-state index contributed by atoms with van der Waals surface area (Å²) < 4.78 is 1.95. The molecule has 0 bridgehead atoms. The highest BCUT2D eigenvalue weighted by atomic mass is 16.2. The van der Waals surface area contributed by atoms with E-state index in [-0.39, 0.29) is 18.4 Å². The van der Waals surface area contributed by atoms with Crippen molar-refractivity contribution in [3.63, 3.8) is 0 Å². The van der Waals surface area contributed by atoms with Crippen LogP contribution in [0.2, 0.25) is 0 Å². The molecule has 1 N–H and O–H groups in total. The lowest BCUT2D eigenvalue weighted by Gasteiger charge is -2.32. The maximum absolute atomic E-state index is 12.3. The van der Waals surface area contributed by atoms with E-state index in [0.29, 0.717) is 11.5 Å². The summed E-state index contributed by atoms with van der Waals surface area (Å²) in [6, 6.07) is 10.9. The van der Waals surface area contributed by atoms with Crippen molar-refractivity contribution < 1.29 is 9.59 Å².